The summed E-state index contributed by atoms with van der Waals surface area (Å²) in [5.74, 6) is -0.151. The molecule has 0 spiro atoms. The Balaban J connectivity index is 1.91. The van der Waals surface area contributed by atoms with Crippen molar-refractivity contribution in [3.63, 3.8) is 0 Å². The molecule has 0 fully saturated rings. The Labute approximate surface area is 126 Å². The molecule has 1 heterocycles. The number of amides is 1. The first-order valence-electron chi connectivity index (χ1n) is 6.61. The van der Waals surface area contributed by atoms with Crippen molar-refractivity contribution in [2.45, 2.75) is 20.0 Å². The summed E-state index contributed by atoms with van der Waals surface area (Å²) in [4.78, 5) is 25.0. The second kappa shape index (κ2) is 7.16. The number of nitrogens with one attached hydrogen (secondary N) is 1. The molecule has 0 aliphatic carbocycles. The first-order valence-corrected chi connectivity index (χ1v) is 6.61. The molecule has 9 heteroatoms. The number of hydrogen-bond acceptors (Lipinski definition) is 6. The molecular formula is C13H15N5O4. The molecule has 1 aromatic heterocycles. The predicted molar refractivity (Wildman–Crippen MR) is 76.1 cm³/mol. The first kappa shape index (κ1) is 15.4. The molecule has 9 nitrogen and oxygen atoms in total. The van der Waals surface area contributed by atoms with Gasteiger partial charge in [-0.25, -0.2) is 0 Å². The summed E-state index contributed by atoms with van der Waals surface area (Å²) in [6, 6.07) is 7.38. The maximum atomic E-state index is 11.8. The number of aromatic nitrogens is 3. The van der Waals surface area contributed by atoms with Gasteiger partial charge in [0.2, 0.25) is 12.2 Å². The Morgan fingerprint density at radius 1 is 1.45 bits per heavy atom. The molecule has 2 rings (SSSR count). The van der Waals surface area contributed by atoms with Gasteiger partial charge in [-0.3, -0.25) is 4.79 Å². The van der Waals surface area contributed by atoms with Crippen molar-refractivity contribution in [3.05, 3.63) is 46.3 Å². The maximum absolute atomic E-state index is 11.8. The van der Waals surface area contributed by atoms with Gasteiger partial charge in [-0.1, -0.05) is 23.2 Å². The molecule has 0 aliphatic rings. The van der Waals surface area contributed by atoms with Crippen LogP contribution in [0.3, 0.4) is 0 Å². The van der Waals surface area contributed by atoms with E-state index in [4.69, 9.17) is 4.74 Å². The fourth-order valence-electron chi connectivity index (χ4n) is 1.79. The predicted octanol–water partition coefficient (Wildman–Crippen LogP) is 0.901. The van der Waals surface area contributed by atoms with Gasteiger partial charge in [0, 0.05) is 17.2 Å². The molecule has 0 unspecified atom stereocenters. The lowest BCUT2D eigenvalue weighted by Crippen LogP contribution is -2.27. The van der Waals surface area contributed by atoms with Crippen LogP contribution < -0.4 is 10.1 Å². The summed E-state index contributed by atoms with van der Waals surface area (Å²) >= 11 is 0. The number of nitrogens with zero attached hydrogens (tertiary/aromatic N) is 4. The van der Waals surface area contributed by atoms with Gasteiger partial charge in [-0.05, 0) is 17.9 Å². The fourth-order valence-corrected chi connectivity index (χ4v) is 1.79. The van der Waals surface area contributed by atoms with Crippen molar-refractivity contribution >= 4 is 11.9 Å². The summed E-state index contributed by atoms with van der Waals surface area (Å²) in [5.41, 5.74) is 0.849. The van der Waals surface area contributed by atoms with Gasteiger partial charge in [0.25, 0.3) is 0 Å². The van der Waals surface area contributed by atoms with Gasteiger partial charge in [0.1, 0.15) is 12.3 Å². The van der Waals surface area contributed by atoms with E-state index in [-0.39, 0.29) is 12.5 Å². The van der Waals surface area contributed by atoms with Gasteiger partial charge < -0.3 is 20.2 Å². The van der Waals surface area contributed by atoms with E-state index in [9.17, 15) is 14.9 Å². The minimum atomic E-state index is -0.716. The van der Waals surface area contributed by atoms with Crippen molar-refractivity contribution in [1.82, 2.24) is 20.1 Å². The minimum Gasteiger partial charge on any atom is -0.494 e. The Morgan fingerprint density at radius 3 is 2.91 bits per heavy atom. The zero-order valence-corrected chi connectivity index (χ0v) is 11.9. The number of ether oxygens (including phenoxy) is 1. The zero-order valence-electron chi connectivity index (χ0n) is 11.9. The summed E-state index contributed by atoms with van der Waals surface area (Å²) in [5, 5.41) is 16.7. The summed E-state index contributed by atoms with van der Waals surface area (Å²) < 4.78 is 6.58. The maximum Gasteiger partial charge on any atom is 0.490 e. The number of para-hydroxylation sites is 1. The zero-order chi connectivity index (χ0) is 15.9. The van der Waals surface area contributed by atoms with Crippen LogP contribution in [0.5, 0.6) is 5.75 Å². The normalized spacial score (nSPS) is 10.2. The molecule has 22 heavy (non-hydrogen) atoms. The molecule has 0 atom stereocenters. The van der Waals surface area contributed by atoms with E-state index in [2.05, 4.69) is 15.4 Å². The molecule has 0 saturated heterocycles. The Morgan fingerprint density at radius 2 is 2.23 bits per heavy atom. The van der Waals surface area contributed by atoms with Crippen molar-refractivity contribution in [3.8, 4) is 5.75 Å². The first-order chi connectivity index (χ1) is 10.6. The molecule has 116 valence electrons. The number of nitro groups is 1. The van der Waals surface area contributed by atoms with Crippen LogP contribution in [0.4, 0.5) is 5.95 Å². The molecule has 0 aliphatic heterocycles. The number of carbonyl (C=O) groups is 1. The van der Waals surface area contributed by atoms with Crippen molar-refractivity contribution in [1.29, 1.82) is 0 Å². The monoisotopic (exact) mass is 305 g/mol. The highest BCUT2D eigenvalue weighted by Gasteiger charge is 2.15. The van der Waals surface area contributed by atoms with Gasteiger partial charge in [0.05, 0.1) is 6.61 Å². The van der Waals surface area contributed by atoms with E-state index in [0.29, 0.717) is 18.9 Å². The third-order valence-corrected chi connectivity index (χ3v) is 2.74. The molecule has 0 saturated carbocycles. The Kier molecular flexibility index (Phi) is 5.02. The highest BCUT2D eigenvalue weighted by Crippen LogP contribution is 2.17. The molecule has 1 aromatic carbocycles. The summed E-state index contributed by atoms with van der Waals surface area (Å²) in [6.07, 6.45) is 1.14. The third kappa shape index (κ3) is 4.01. The second-order valence-electron chi connectivity index (χ2n) is 4.32. The Bertz CT molecular complexity index is 670. The topological polar surface area (TPSA) is 112 Å². The highest BCUT2D eigenvalue weighted by molar-refractivity contribution is 5.75. The van der Waals surface area contributed by atoms with Crippen molar-refractivity contribution < 1.29 is 14.5 Å². The lowest BCUT2D eigenvalue weighted by molar-refractivity contribution is -0.394. The quantitative estimate of drug-likeness (QED) is 0.601. The smallest absolute Gasteiger partial charge is 0.490 e. The van der Waals surface area contributed by atoms with E-state index in [1.807, 2.05) is 31.2 Å². The van der Waals surface area contributed by atoms with E-state index in [0.717, 1.165) is 16.6 Å². The van der Waals surface area contributed by atoms with Crippen LogP contribution in [-0.2, 0) is 17.9 Å². The van der Waals surface area contributed by atoms with Crippen molar-refractivity contribution in [2.75, 3.05) is 6.61 Å². The number of benzene rings is 1. The van der Waals surface area contributed by atoms with Gasteiger partial charge >= 0.3 is 5.95 Å². The molecule has 2 aromatic rings. The summed E-state index contributed by atoms with van der Waals surface area (Å²) in [6.45, 7) is 2.57. The molecule has 0 radical (unpaired) electrons. The minimum absolute atomic E-state index is 0.141. The third-order valence-electron chi connectivity index (χ3n) is 2.74. The average molecular weight is 305 g/mol. The average Bonchev–Trinajstić information content (AvgIpc) is 2.95. The van der Waals surface area contributed by atoms with E-state index >= 15 is 0 Å². The van der Waals surface area contributed by atoms with Crippen LogP contribution >= 0.6 is 0 Å². The second-order valence-corrected chi connectivity index (χ2v) is 4.32. The van der Waals surface area contributed by atoms with Crippen LogP contribution in [-0.4, -0.2) is 32.2 Å². The largest absolute Gasteiger partial charge is 0.494 e. The van der Waals surface area contributed by atoms with Gasteiger partial charge in [-0.2, -0.15) is 4.68 Å². The standard InChI is InChI=1S/C13H15N5O4/c1-2-22-11-6-4-3-5-10(11)7-14-12(19)8-17-9-15-13(16-17)18(20)21/h3-6,9H,2,7-8H2,1H3,(H,14,19). The van der Waals surface area contributed by atoms with Crippen LogP contribution in [0, 0.1) is 10.1 Å². The van der Waals surface area contributed by atoms with Crippen LogP contribution in [0.15, 0.2) is 30.6 Å². The fraction of sp³-hybridized carbons (Fsp3) is 0.308. The number of carbonyl (C=O) groups excluding carboxylic acids is 1. The molecule has 0 bridgehead atoms. The SMILES string of the molecule is CCOc1ccccc1CNC(=O)Cn1cnc([N+](=O)[O-])n1. The van der Waals surface area contributed by atoms with Crippen LogP contribution in [0.2, 0.25) is 0 Å². The molecule has 1 amide bonds. The van der Waals surface area contributed by atoms with Gasteiger partial charge in [-0.15, -0.1) is 0 Å². The molecular weight excluding hydrogens is 290 g/mol. The van der Waals surface area contributed by atoms with Gasteiger partial charge in [0.15, 0.2) is 0 Å². The van der Waals surface area contributed by atoms with Crippen molar-refractivity contribution in [2.24, 2.45) is 0 Å². The molecule has 1 N–H and O–H groups in total. The Hall–Kier alpha value is -2.97. The highest BCUT2D eigenvalue weighted by atomic mass is 16.6. The van der Waals surface area contributed by atoms with Crippen LogP contribution in [0.1, 0.15) is 12.5 Å². The van der Waals surface area contributed by atoms with E-state index in [1.165, 1.54) is 0 Å². The number of rotatable bonds is 7. The number of hydrogen-bond donors (Lipinski definition) is 1. The van der Waals surface area contributed by atoms with E-state index < -0.39 is 10.9 Å². The van der Waals surface area contributed by atoms with Crippen LogP contribution in [0.25, 0.3) is 0 Å². The van der Waals surface area contributed by atoms with E-state index in [1.54, 1.807) is 0 Å². The lowest BCUT2D eigenvalue weighted by atomic mass is 10.2. The lowest BCUT2D eigenvalue weighted by Gasteiger charge is -2.10. The summed E-state index contributed by atoms with van der Waals surface area (Å²) in [7, 11) is 0.